The van der Waals surface area contributed by atoms with Crippen molar-refractivity contribution >= 4 is 17.4 Å². The molecule has 1 fully saturated rings. The molecule has 0 saturated carbocycles. The molecule has 2 heterocycles. The Morgan fingerprint density at radius 3 is 2.29 bits per heavy atom. The van der Waals surface area contributed by atoms with Gasteiger partial charge < -0.3 is 15.1 Å². The Morgan fingerprint density at radius 2 is 1.57 bits per heavy atom. The molecule has 0 spiro atoms. The number of anilines is 2. The van der Waals surface area contributed by atoms with E-state index in [1.807, 2.05) is 47.4 Å². The molecule has 1 aromatic heterocycles. The van der Waals surface area contributed by atoms with E-state index < -0.39 is 0 Å². The highest BCUT2D eigenvalue weighted by atomic mass is 16.2. The van der Waals surface area contributed by atoms with Gasteiger partial charge in [-0.15, -0.1) is 0 Å². The summed E-state index contributed by atoms with van der Waals surface area (Å²) in [4.78, 5) is 21.5. The zero-order valence-electron chi connectivity index (χ0n) is 15.8. The molecule has 1 aliphatic heterocycles. The van der Waals surface area contributed by atoms with E-state index in [-0.39, 0.29) is 5.91 Å². The van der Waals surface area contributed by atoms with Crippen LogP contribution in [-0.2, 0) is 6.54 Å². The lowest BCUT2D eigenvalue weighted by Gasteiger charge is -2.36. The quantitative estimate of drug-likeness (QED) is 0.743. The zero-order valence-corrected chi connectivity index (χ0v) is 15.8. The van der Waals surface area contributed by atoms with E-state index in [9.17, 15) is 4.79 Å². The Morgan fingerprint density at radius 1 is 0.893 bits per heavy atom. The lowest BCUT2D eigenvalue weighted by atomic mass is 10.2. The fourth-order valence-corrected chi connectivity index (χ4v) is 3.44. The van der Waals surface area contributed by atoms with Crippen LogP contribution in [0.1, 0.15) is 15.9 Å². The van der Waals surface area contributed by atoms with Crippen molar-refractivity contribution in [1.29, 1.82) is 0 Å². The second-order valence-corrected chi connectivity index (χ2v) is 6.88. The zero-order chi connectivity index (χ0) is 19.2. The summed E-state index contributed by atoms with van der Waals surface area (Å²) in [5.41, 5.74) is 3.07. The summed E-state index contributed by atoms with van der Waals surface area (Å²) in [5, 5.41) is 3.30. The minimum Gasteiger partial charge on any atom is -0.368 e. The molecule has 0 radical (unpaired) electrons. The third kappa shape index (κ3) is 4.31. The maximum atomic E-state index is 12.9. The van der Waals surface area contributed by atoms with Crippen molar-refractivity contribution < 1.29 is 4.79 Å². The van der Waals surface area contributed by atoms with Crippen LogP contribution >= 0.6 is 0 Å². The van der Waals surface area contributed by atoms with Gasteiger partial charge in [-0.2, -0.15) is 0 Å². The molecule has 0 atom stereocenters. The van der Waals surface area contributed by atoms with Gasteiger partial charge in [0.1, 0.15) is 5.82 Å². The van der Waals surface area contributed by atoms with Gasteiger partial charge in [0.15, 0.2) is 0 Å². The number of piperazine rings is 1. The maximum Gasteiger partial charge on any atom is 0.254 e. The third-order valence-electron chi connectivity index (χ3n) is 5.01. The SMILES string of the molecule is O=C(c1ccnc(NCc2ccccc2)c1)N1CCN(c2ccccc2)CC1. The van der Waals surface area contributed by atoms with Crippen LogP contribution in [0, 0.1) is 0 Å². The molecule has 1 N–H and O–H groups in total. The summed E-state index contributed by atoms with van der Waals surface area (Å²) in [6.07, 6.45) is 1.70. The topological polar surface area (TPSA) is 48.5 Å². The van der Waals surface area contributed by atoms with Crippen LogP contribution in [0.15, 0.2) is 79.0 Å². The summed E-state index contributed by atoms with van der Waals surface area (Å²) >= 11 is 0. The number of pyridine rings is 1. The molecule has 1 aliphatic rings. The van der Waals surface area contributed by atoms with Gasteiger partial charge in [0.25, 0.3) is 5.91 Å². The molecule has 0 aliphatic carbocycles. The lowest BCUT2D eigenvalue weighted by molar-refractivity contribution is 0.0746. The summed E-state index contributed by atoms with van der Waals surface area (Å²) in [7, 11) is 0. The molecule has 0 unspecified atom stereocenters. The minimum atomic E-state index is 0.0675. The molecule has 3 aromatic rings. The second kappa shape index (κ2) is 8.57. The van der Waals surface area contributed by atoms with E-state index in [1.54, 1.807) is 12.3 Å². The normalized spacial score (nSPS) is 14.0. The highest BCUT2D eigenvalue weighted by Crippen LogP contribution is 2.17. The number of para-hydroxylation sites is 1. The van der Waals surface area contributed by atoms with Crippen LogP contribution in [0.5, 0.6) is 0 Å². The molecular weight excluding hydrogens is 348 g/mol. The van der Waals surface area contributed by atoms with Gasteiger partial charge in [0.05, 0.1) is 0 Å². The van der Waals surface area contributed by atoms with Crippen molar-refractivity contribution in [1.82, 2.24) is 9.88 Å². The van der Waals surface area contributed by atoms with Crippen molar-refractivity contribution in [3.05, 3.63) is 90.1 Å². The Hall–Kier alpha value is -3.34. The molecule has 28 heavy (non-hydrogen) atoms. The number of hydrogen-bond donors (Lipinski definition) is 1. The van der Waals surface area contributed by atoms with Gasteiger partial charge in [-0.3, -0.25) is 4.79 Å². The second-order valence-electron chi connectivity index (χ2n) is 6.88. The van der Waals surface area contributed by atoms with E-state index >= 15 is 0 Å². The van der Waals surface area contributed by atoms with Crippen LogP contribution in [0.3, 0.4) is 0 Å². The van der Waals surface area contributed by atoms with Crippen molar-refractivity contribution in [2.45, 2.75) is 6.54 Å². The number of nitrogens with zero attached hydrogens (tertiary/aromatic N) is 3. The average Bonchev–Trinajstić information content (AvgIpc) is 2.79. The smallest absolute Gasteiger partial charge is 0.254 e. The predicted octanol–water partition coefficient (Wildman–Crippen LogP) is 3.66. The number of hydrogen-bond acceptors (Lipinski definition) is 4. The van der Waals surface area contributed by atoms with Crippen LogP contribution < -0.4 is 10.2 Å². The molecule has 5 nitrogen and oxygen atoms in total. The molecule has 1 amide bonds. The minimum absolute atomic E-state index is 0.0675. The largest absolute Gasteiger partial charge is 0.368 e. The first-order valence-electron chi connectivity index (χ1n) is 9.63. The standard InChI is InChI=1S/C23H24N4O/c28-23(27-15-13-26(14-16-27)21-9-5-2-6-10-21)20-11-12-24-22(17-20)25-18-19-7-3-1-4-8-19/h1-12,17H,13-16,18H2,(H,24,25). The number of benzene rings is 2. The molecule has 5 heteroatoms. The molecule has 2 aromatic carbocycles. The summed E-state index contributed by atoms with van der Waals surface area (Å²) < 4.78 is 0. The molecule has 4 rings (SSSR count). The first-order valence-corrected chi connectivity index (χ1v) is 9.63. The average molecular weight is 372 g/mol. The highest BCUT2D eigenvalue weighted by Gasteiger charge is 2.22. The Kier molecular flexibility index (Phi) is 5.52. The molecule has 0 bridgehead atoms. The van der Waals surface area contributed by atoms with Crippen LogP contribution in [0.25, 0.3) is 0 Å². The number of carbonyl (C=O) groups is 1. The highest BCUT2D eigenvalue weighted by molar-refractivity contribution is 5.95. The van der Waals surface area contributed by atoms with Gasteiger partial charge in [-0.05, 0) is 29.8 Å². The predicted molar refractivity (Wildman–Crippen MR) is 113 cm³/mol. The fourth-order valence-electron chi connectivity index (χ4n) is 3.44. The van der Waals surface area contributed by atoms with E-state index in [1.165, 1.54) is 11.3 Å². The van der Waals surface area contributed by atoms with Crippen LogP contribution in [-0.4, -0.2) is 42.0 Å². The monoisotopic (exact) mass is 372 g/mol. The van der Waals surface area contributed by atoms with Gasteiger partial charge in [0.2, 0.25) is 0 Å². The summed E-state index contributed by atoms with van der Waals surface area (Å²) in [6, 6.07) is 24.1. The van der Waals surface area contributed by atoms with E-state index in [0.29, 0.717) is 12.1 Å². The number of nitrogens with one attached hydrogen (secondary N) is 1. The van der Waals surface area contributed by atoms with Crippen molar-refractivity contribution in [2.75, 3.05) is 36.4 Å². The van der Waals surface area contributed by atoms with E-state index in [2.05, 4.69) is 39.5 Å². The van der Waals surface area contributed by atoms with Crippen molar-refractivity contribution in [3.8, 4) is 0 Å². The van der Waals surface area contributed by atoms with E-state index in [0.717, 1.165) is 32.0 Å². The van der Waals surface area contributed by atoms with Crippen molar-refractivity contribution in [3.63, 3.8) is 0 Å². The van der Waals surface area contributed by atoms with E-state index in [4.69, 9.17) is 0 Å². The number of rotatable bonds is 5. The first-order chi connectivity index (χ1) is 13.8. The Bertz CT molecular complexity index is 906. The van der Waals surface area contributed by atoms with Crippen LogP contribution in [0.4, 0.5) is 11.5 Å². The summed E-state index contributed by atoms with van der Waals surface area (Å²) in [6.45, 7) is 3.83. The number of amides is 1. The fraction of sp³-hybridized carbons (Fsp3) is 0.217. The number of aromatic nitrogens is 1. The van der Waals surface area contributed by atoms with Crippen molar-refractivity contribution in [2.24, 2.45) is 0 Å². The maximum absolute atomic E-state index is 12.9. The number of carbonyl (C=O) groups excluding carboxylic acids is 1. The Balaban J connectivity index is 1.36. The van der Waals surface area contributed by atoms with Crippen LogP contribution in [0.2, 0.25) is 0 Å². The lowest BCUT2D eigenvalue weighted by Crippen LogP contribution is -2.48. The van der Waals surface area contributed by atoms with Gasteiger partial charge in [0, 0.05) is 50.2 Å². The van der Waals surface area contributed by atoms with Gasteiger partial charge in [-0.1, -0.05) is 48.5 Å². The third-order valence-corrected chi connectivity index (χ3v) is 5.01. The first kappa shape index (κ1) is 18.0. The Labute approximate surface area is 165 Å². The van der Waals surface area contributed by atoms with Gasteiger partial charge in [-0.25, -0.2) is 4.98 Å². The molecule has 142 valence electrons. The summed E-state index contributed by atoms with van der Waals surface area (Å²) in [5.74, 6) is 0.787. The van der Waals surface area contributed by atoms with Gasteiger partial charge >= 0.3 is 0 Å². The molecular formula is C23H24N4O. The molecule has 1 saturated heterocycles.